The number of hydrogen-bond donors (Lipinski definition) is 2. The molecule has 0 aliphatic carbocycles. The summed E-state index contributed by atoms with van der Waals surface area (Å²) in [5.74, 6) is 0.977. The lowest BCUT2D eigenvalue weighted by Crippen LogP contribution is -2.41. The number of likely N-dealkylation sites (tertiary alicyclic amines) is 1. The van der Waals surface area contributed by atoms with Crippen molar-refractivity contribution in [1.29, 1.82) is 0 Å². The zero-order chi connectivity index (χ0) is 13.6. The molecule has 7 heteroatoms. The summed E-state index contributed by atoms with van der Waals surface area (Å²) in [6, 6.07) is 0. The molecule has 18 heavy (non-hydrogen) atoms. The highest BCUT2D eigenvalue weighted by Crippen LogP contribution is 2.18. The molecule has 2 N–H and O–H groups in total. The van der Waals surface area contributed by atoms with Gasteiger partial charge in [-0.25, -0.2) is 0 Å². The highest BCUT2D eigenvalue weighted by molar-refractivity contribution is 5.79. The molecule has 0 aromatic carbocycles. The average molecular weight is 266 g/mol. The lowest BCUT2D eigenvalue weighted by atomic mass is 10.1. The molecule has 1 unspecified atom stereocenters. The largest absolute Gasteiger partial charge is 0.390 e. The van der Waals surface area contributed by atoms with Crippen molar-refractivity contribution in [2.45, 2.75) is 19.0 Å². The molecule has 106 valence electrons. The third kappa shape index (κ3) is 6.09. The van der Waals surface area contributed by atoms with E-state index in [-0.39, 0.29) is 6.54 Å². The second kappa shape index (κ2) is 6.82. The minimum absolute atomic E-state index is 0.145. The summed E-state index contributed by atoms with van der Waals surface area (Å²) in [4.78, 5) is 6.14. The van der Waals surface area contributed by atoms with Crippen LogP contribution in [0.3, 0.4) is 0 Å². The molecule has 1 aliphatic rings. The van der Waals surface area contributed by atoms with Gasteiger partial charge in [-0.15, -0.1) is 0 Å². The Morgan fingerprint density at radius 3 is 2.61 bits per heavy atom. The van der Waals surface area contributed by atoms with Gasteiger partial charge in [0, 0.05) is 26.7 Å². The molecule has 0 saturated carbocycles. The molecule has 0 amide bonds. The number of halogens is 3. The van der Waals surface area contributed by atoms with Crippen molar-refractivity contribution in [2.24, 2.45) is 10.9 Å². The van der Waals surface area contributed by atoms with Crippen molar-refractivity contribution >= 4 is 5.96 Å². The molecule has 0 bridgehead atoms. The minimum Gasteiger partial charge on any atom is -0.356 e. The van der Waals surface area contributed by atoms with E-state index in [2.05, 4.69) is 27.6 Å². The van der Waals surface area contributed by atoms with E-state index in [0.717, 1.165) is 26.1 Å². The summed E-state index contributed by atoms with van der Waals surface area (Å²) in [7, 11) is 3.63. The maximum atomic E-state index is 12.0. The van der Waals surface area contributed by atoms with Gasteiger partial charge >= 0.3 is 6.18 Å². The van der Waals surface area contributed by atoms with Gasteiger partial charge in [0.25, 0.3) is 0 Å². The van der Waals surface area contributed by atoms with Crippen LogP contribution in [0.4, 0.5) is 13.2 Å². The highest BCUT2D eigenvalue weighted by Gasteiger charge is 2.26. The van der Waals surface area contributed by atoms with Crippen molar-refractivity contribution in [3.8, 4) is 0 Å². The van der Waals surface area contributed by atoms with Crippen LogP contribution in [0.5, 0.6) is 0 Å². The van der Waals surface area contributed by atoms with Crippen LogP contribution in [0.15, 0.2) is 4.99 Å². The lowest BCUT2D eigenvalue weighted by Gasteiger charge is -2.15. The smallest absolute Gasteiger partial charge is 0.356 e. The summed E-state index contributed by atoms with van der Waals surface area (Å²) in [5.41, 5.74) is 0. The van der Waals surface area contributed by atoms with E-state index >= 15 is 0 Å². The topological polar surface area (TPSA) is 39.7 Å². The van der Waals surface area contributed by atoms with Gasteiger partial charge in [0.05, 0.1) is 6.42 Å². The number of nitrogens with one attached hydrogen (secondary N) is 2. The monoisotopic (exact) mass is 266 g/mol. The van der Waals surface area contributed by atoms with Gasteiger partial charge < -0.3 is 15.5 Å². The van der Waals surface area contributed by atoms with E-state index in [4.69, 9.17) is 0 Å². The molecule has 0 spiro atoms. The molecule has 1 atom stereocenters. The second-order valence-corrected chi connectivity index (χ2v) is 4.66. The molecule has 0 radical (unpaired) electrons. The molecule has 1 aliphatic heterocycles. The van der Waals surface area contributed by atoms with Gasteiger partial charge in [-0.3, -0.25) is 4.99 Å². The van der Waals surface area contributed by atoms with Crippen LogP contribution in [0.1, 0.15) is 12.8 Å². The first kappa shape index (κ1) is 15.1. The van der Waals surface area contributed by atoms with Crippen LogP contribution in [-0.2, 0) is 0 Å². The molecule has 4 nitrogen and oxygen atoms in total. The van der Waals surface area contributed by atoms with Gasteiger partial charge in [-0.2, -0.15) is 13.2 Å². The van der Waals surface area contributed by atoms with Crippen molar-refractivity contribution in [1.82, 2.24) is 15.5 Å². The number of hydrogen-bond acceptors (Lipinski definition) is 2. The van der Waals surface area contributed by atoms with Crippen LogP contribution >= 0.6 is 0 Å². The van der Waals surface area contributed by atoms with Crippen LogP contribution < -0.4 is 10.6 Å². The lowest BCUT2D eigenvalue weighted by molar-refractivity contribution is -0.132. The van der Waals surface area contributed by atoms with Crippen molar-refractivity contribution in [3.63, 3.8) is 0 Å². The Kier molecular flexibility index (Phi) is 5.71. The third-order valence-electron chi connectivity index (χ3n) is 2.97. The van der Waals surface area contributed by atoms with E-state index in [0.29, 0.717) is 11.9 Å². The Balaban J connectivity index is 2.18. The standard InChI is InChI=1S/C11H21F3N4/c1-15-10(16-5-4-11(12,13)14)17-7-9-3-6-18(2)8-9/h9H,3-8H2,1-2H3,(H2,15,16,17). The van der Waals surface area contributed by atoms with E-state index in [1.54, 1.807) is 7.05 Å². The quantitative estimate of drug-likeness (QED) is 0.590. The number of alkyl halides is 3. The summed E-state index contributed by atoms with van der Waals surface area (Å²) in [6.07, 6.45) is -3.86. The van der Waals surface area contributed by atoms with Gasteiger partial charge in [0.2, 0.25) is 0 Å². The summed E-state index contributed by atoms with van der Waals surface area (Å²) < 4.78 is 35.9. The van der Waals surface area contributed by atoms with Gasteiger partial charge in [-0.05, 0) is 25.9 Å². The summed E-state index contributed by atoms with van der Waals surface area (Å²) in [6.45, 7) is 2.70. The highest BCUT2D eigenvalue weighted by atomic mass is 19.4. The fourth-order valence-corrected chi connectivity index (χ4v) is 1.98. The zero-order valence-corrected chi connectivity index (χ0v) is 10.8. The van der Waals surface area contributed by atoms with Crippen LogP contribution in [0.2, 0.25) is 0 Å². The molecule has 1 rings (SSSR count). The molecule has 0 aromatic rings. The van der Waals surface area contributed by atoms with Crippen molar-refractivity contribution in [2.75, 3.05) is 40.3 Å². The number of aliphatic imine (C=N–C) groups is 1. The van der Waals surface area contributed by atoms with Gasteiger partial charge in [-0.1, -0.05) is 0 Å². The molecule has 1 heterocycles. The van der Waals surface area contributed by atoms with Gasteiger partial charge in [0.1, 0.15) is 0 Å². The molecular weight excluding hydrogens is 245 g/mol. The first-order chi connectivity index (χ1) is 8.40. The minimum atomic E-state index is -4.12. The molecule has 1 fully saturated rings. The maximum Gasteiger partial charge on any atom is 0.390 e. The van der Waals surface area contributed by atoms with E-state index in [1.165, 1.54) is 0 Å². The number of guanidine groups is 1. The predicted molar refractivity (Wildman–Crippen MR) is 65.6 cm³/mol. The van der Waals surface area contributed by atoms with Gasteiger partial charge in [0.15, 0.2) is 5.96 Å². The Labute approximate surface area is 106 Å². The van der Waals surface area contributed by atoms with E-state index in [9.17, 15) is 13.2 Å². The Hall–Kier alpha value is -0.980. The van der Waals surface area contributed by atoms with Crippen molar-refractivity contribution < 1.29 is 13.2 Å². The number of nitrogens with zero attached hydrogens (tertiary/aromatic N) is 2. The first-order valence-electron chi connectivity index (χ1n) is 6.10. The SMILES string of the molecule is CN=C(NCCC(F)(F)F)NCC1CCN(C)C1. The molecule has 0 aromatic heterocycles. The Morgan fingerprint density at radius 2 is 2.11 bits per heavy atom. The van der Waals surface area contributed by atoms with Crippen molar-refractivity contribution in [3.05, 3.63) is 0 Å². The van der Waals surface area contributed by atoms with Crippen LogP contribution in [0, 0.1) is 5.92 Å². The predicted octanol–water partition coefficient (Wildman–Crippen LogP) is 1.06. The van der Waals surface area contributed by atoms with Crippen LogP contribution in [-0.4, -0.2) is 57.3 Å². The second-order valence-electron chi connectivity index (χ2n) is 4.66. The number of rotatable bonds is 4. The fourth-order valence-electron chi connectivity index (χ4n) is 1.98. The Bertz CT molecular complexity index is 278. The summed E-state index contributed by atoms with van der Waals surface area (Å²) in [5, 5.41) is 5.73. The summed E-state index contributed by atoms with van der Waals surface area (Å²) >= 11 is 0. The maximum absolute atomic E-state index is 12.0. The third-order valence-corrected chi connectivity index (χ3v) is 2.97. The van der Waals surface area contributed by atoms with Crippen LogP contribution in [0.25, 0.3) is 0 Å². The first-order valence-corrected chi connectivity index (χ1v) is 6.10. The Morgan fingerprint density at radius 1 is 1.39 bits per heavy atom. The zero-order valence-electron chi connectivity index (χ0n) is 10.8. The normalized spacial score (nSPS) is 22.3. The molecular formula is C11H21F3N4. The molecule has 1 saturated heterocycles. The van der Waals surface area contributed by atoms with E-state index < -0.39 is 12.6 Å². The fraction of sp³-hybridized carbons (Fsp3) is 0.909. The average Bonchev–Trinajstić information content (AvgIpc) is 2.67. The van der Waals surface area contributed by atoms with E-state index in [1.807, 2.05) is 0 Å².